The highest BCUT2D eigenvalue weighted by molar-refractivity contribution is 9.10. The number of hydrogen-bond acceptors (Lipinski definition) is 3. The first-order valence-corrected chi connectivity index (χ1v) is 6.62. The number of hydrogen-bond donors (Lipinski definition) is 0. The summed E-state index contributed by atoms with van der Waals surface area (Å²) in [6.07, 6.45) is 1.60. The second-order valence-corrected chi connectivity index (χ2v) is 5.18. The predicted octanol–water partition coefficient (Wildman–Crippen LogP) is 2.71. The fraction of sp³-hybridized carbons (Fsp3) is 0.0714. The number of benzene rings is 1. The maximum atomic E-state index is 13.6. The number of halogens is 2. The van der Waals surface area contributed by atoms with E-state index in [1.54, 1.807) is 24.4 Å². The lowest BCUT2D eigenvalue weighted by atomic mass is 10.1. The molecule has 0 aliphatic carbocycles. The van der Waals surface area contributed by atoms with Gasteiger partial charge in [-0.25, -0.2) is 4.39 Å². The van der Waals surface area contributed by atoms with Gasteiger partial charge in [-0.05, 0) is 40.2 Å². The first-order chi connectivity index (χ1) is 9.58. The molecule has 1 aliphatic heterocycles. The lowest BCUT2D eigenvalue weighted by Crippen LogP contribution is -2.29. The third-order valence-corrected chi connectivity index (χ3v) is 3.67. The van der Waals surface area contributed by atoms with E-state index >= 15 is 0 Å². The summed E-state index contributed by atoms with van der Waals surface area (Å²) in [5.74, 6) is -1.81. The van der Waals surface area contributed by atoms with Gasteiger partial charge in [0.25, 0.3) is 11.7 Å². The monoisotopic (exact) mass is 334 g/mol. The van der Waals surface area contributed by atoms with Crippen molar-refractivity contribution in [3.05, 3.63) is 58.1 Å². The quantitative estimate of drug-likeness (QED) is 0.793. The van der Waals surface area contributed by atoms with E-state index in [0.717, 1.165) is 0 Å². The number of carbonyl (C=O) groups excluding carboxylic acids is 2. The molecule has 0 radical (unpaired) electrons. The van der Waals surface area contributed by atoms with Crippen LogP contribution in [0.4, 0.5) is 10.1 Å². The molecular weight excluding hydrogens is 327 g/mol. The van der Waals surface area contributed by atoms with Gasteiger partial charge in [0.15, 0.2) is 0 Å². The number of Topliss-reactive ketones (excluding diaryl/α,β-unsaturated/α-hetero) is 1. The molecular formula is C14H8BrFN2O2. The van der Waals surface area contributed by atoms with Crippen LogP contribution in [0.1, 0.15) is 16.1 Å². The Morgan fingerprint density at radius 3 is 2.75 bits per heavy atom. The minimum absolute atomic E-state index is 0.138. The van der Waals surface area contributed by atoms with Crippen LogP contribution >= 0.6 is 15.9 Å². The number of ketones is 1. The van der Waals surface area contributed by atoms with Crippen molar-refractivity contribution in [3.8, 4) is 0 Å². The van der Waals surface area contributed by atoms with Crippen LogP contribution in [0.2, 0.25) is 0 Å². The molecule has 0 N–H and O–H groups in total. The Labute approximate surface area is 122 Å². The van der Waals surface area contributed by atoms with Gasteiger partial charge in [-0.3, -0.25) is 19.5 Å². The number of aromatic nitrogens is 1. The zero-order valence-corrected chi connectivity index (χ0v) is 11.7. The fourth-order valence-electron chi connectivity index (χ4n) is 2.10. The molecule has 6 heteroatoms. The molecule has 100 valence electrons. The van der Waals surface area contributed by atoms with Crippen molar-refractivity contribution in [2.24, 2.45) is 0 Å². The van der Waals surface area contributed by atoms with Gasteiger partial charge in [0.1, 0.15) is 5.82 Å². The van der Waals surface area contributed by atoms with Gasteiger partial charge in [-0.1, -0.05) is 6.07 Å². The second kappa shape index (κ2) is 4.79. The third-order valence-electron chi connectivity index (χ3n) is 3.06. The second-order valence-electron chi connectivity index (χ2n) is 4.32. The summed E-state index contributed by atoms with van der Waals surface area (Å²) < 4.78 is 13.8. The van der Waals surface area contributed by atoms with Crippen LogP contribution in [0.25, 0.3) is 0 Å². The SMILES string of the molecule is O=C1C(=O)N(Cc2ccccn2)c2cc(F)c(Br)cc21. The lowest BCUT2D eigenvalue weighted by Gasteiger charge is -2.16. The summed E-state index contributed by atoms with van der Waals surface area (Å²) in [7, 11) is 0. The van der Waals surface area contributed by atoms with Gasteiger partial charge in [0, 0.05) is 6.20 Å². The number of fused-ring (bicyclic) bond motifs is 1. The Kier molecular flexibility index (Phi) is 3.10. The van der Waals surface area contributed by atoms with Gasteiger partial charge in [0.2, 0.25) is 0 Å². The molecule has 0 saturated heterocycles. The van der Waals surface area contributed by atoms with E-state index in [1.165, 1.54) is 17.0 Å². The molecule has 0 spiro atoms. The standard InChI is InChI=1S/C14H8BrFN2O2/c15-10-5-9-12(6-11(10)16)18(14(20)13(9)19)7-8-3-1-2-4-17-8/h1-6H,7H2. The van der Waals surface area contributed by atoms with Crippen molar-refractivity contribution in [2.75, 3.05) is 4.90 Å². The van der Waals surface area contributed by atoms with Gasteiger partial charge >= 0.3 is 0 Å². The smallest absolute Gasteiger partial charge is 0.299 e. The highest BCUT2D eigenvalue weighted by Gasteiger charge is 2.36. The molecule has 0 atom stereocenters. The van der Waals surface area contributed by atoms with Crippen LogP contribution in [0.5, 0.6) is 0 Å². The van der Waals surface area contributed by atoms with Crippen LogP contribution in [0, 0.1) is 5.82 Å². The molecule has 4 nitrogen and oxygen atoms in total. The van der Waals surface area contributed by atoms with Crippen molar-refractivity contribution in [2.45, 2.75) is 6.54 Å². The predicted molar refractivity (Wildman–Crippen MR) is 73.9 cm³/mol. The van der Waals surface area contributed by atoms with Crippen molar-refractivity contribution in [3.63, 3.8) is 0 Å². The Hall–Kier alpha value is -2.08. The first-order valence-electron chi connectivity index (χ1n) is 5.83. The molecule has 20 heavy (non-hydrogen) atoms. The molecule has 1 aromatic carbocycles. The van der Waals surface area contributed by atoms with Gasteiger partial charge in [0.05, 0.1) is 28.0 Å². The van der Waals surface area contributed by atoms with E-state index in [0.29, 0.717) is 5.69 Å². The van der Waals surface area contributed by atoms with Crippen molar-refractivity contribution < 1.29 is 14.0 Å². The van der Waals surface area contributed by atoms with Crippen molar-refractivity contribution >= 4 is 33.3 Å². The molecule has 2 aromatic rings. The average molecular weight is 335 g/mol. The van der Waals surface area contributed by atoms with Gasteiger partial charge < -0.3 is 0 Å². The number of amides is 1. The van der Waals surface area contributed by atoms with Crippen LogP contribution in [-0.4, -0.2) is 16.7 Å². The zero-order chi connectivity index (χ0) is 14.3. The minimum atomic E-state index is -0.664. The average Bonchev–Trinajstić information content (AvgIpc) is 2.66. The summed E-state index contributed by atoms with van der Waals surface area (Å²) in [5, 5.41) is 0. The molecule has 1 aliphatic rings. The maximum Gasteiger partial charge on any atom is 0.299 e. The Morgan fingerprint density at radius 1 is 1.25 bits per heavy atom. The maximum absolute atomic E-state index is 13.6. The molecule has 0 saturated carbocycles. The Balaban J connectivity index is 2.04. The molecule has 0 bridgehead atoms. The van der Waals surface area contributed by atoms with Crippen molar-refractivity contribution in [1.82, 2.24) is 4.98 Å². The molecule has 2 heterocycles. The van der Waals surface area contributed by atoms with Gasteiger partial charge in [-0.2, -0.15) is 0 Å². The molecule has 3 rings (SSSR count). The molecule has 1 amide bonds. The van der Waals surface area contributed by atoms with Crippen molar-refractivity contribution in [1.29, 1.82) is 0 Å². The van der Waals surface area contributed by atoms with E-state index in [4.69, 9.17) is 0 Å². The summed E-state index contributed by atoms with van der Waals surface area (Å²) in [6, 6.07) is 7.80. The van der Waals surface area contributed by atoms with Crippen LogP contribution in [0.15, 0.2) is 41.0 Å². The zero-order valence-electron chi connectivity index (χ0n) is 10.1. The van der Waals surface area contributed by atoms with Gasteiger partial charge in [-0.15, -0.1) is 0 Å². The molecule has 1 aromatic heterocycles. The van der Waals surface area contributed by atoms with Crippen LogP contribution in [-0.2, 0) is 11.3 Å². The number of pyridine rings is 1. The number of rotatable bonds is 2. The first kappa shape index (κ1) is 12.9. The fourth-order valence-corrected chi connectivity index (χ4v) is 2.44. The van der Waals surface area contributed by atoms with E-state index < -0.39 is 17.5 Å². The molecule has 0 unspecified atom stereocenters. The van der Waals surface area contributed by atoms with E-state index in [-0.39, 0.29) is 22.3 Å². The summed E-state index contributed by atoms with van der Waals surface area (Å²) in [4.78, 5) is 29.3. The number of anilines is 1. The Morgan fingerprint density at radius 2 is 2.05 bits per heavy atom. The minimum Gasteiger partial charge on any atom is -0.299 e. The summed E-state index contributed by atoms with van der Waals surface area (Å²) in [5.41, 5.74) is 1.12. The Bertz CT molecular complexity index is 719. The molecule has 0 fully saturated rings. The van der Waals surface area contributed by atoms with E-state index in [9.17, 15) is 14.0 Å². The normalized spacial score (nSPS) is 13.8. The van der Waals surface area contributed by atoms with Crippen LogP contribution < -0.4 is 4.90 Å². The highest BCUT2D eigenvalue weighted by atomic mass is 79.9. The largest absolute Gasteiger partial charge is 0.299 e. The van der Waals surface area contributed by atoms with E-state index in [2.05, 4.69) is 20.9 Å². The number of carbonyl (C=O) groups is 2. The lowest BCUT2D eigenvalue weighted by molar-refractivity contribution is -0.114. The van der Waals surface area contributed by atoms with Crippen LogP contribution in [0.3, 0.4) is 0 Å². The topological polar surface area (TPSA) is 50.3 Å². The summed E-state index contributed by atoms with van der Waals surface area (Å²) >= 11 is 3.01. The third kappa shape index (κ3) is 2.02. The summed E-state index contributed by atoms with van der Waals surface area (Å²) in [6.45, 7) is 0.138. The van der Waals surface area contributed by atoms with E-state index in [1.807, 2.05) is 0 Å². The highest BCUT2D eigenvalue weighted by Crippen LogP contribution is 2.34. The number of nitrogens with zero attached hydrogens (tertiary/aromatic N) is 2.